The van der Waals surface area contributed by atoms with Crippen molar-refractivity contribution in [3.05, 3.63) is 46.7 Å². The van der Waals surface area contributed by atoms with E-state index < -0.39 is 45.2 Å². The Balaban J connectivity index is 2.46. The number of nitrogens with zero attached hydrogens (tertiary/aromatic N) is 2. The summed E-state index contributed by atoms with van der Waals surface area (Å²) in [5.41, 5.74) is 0.157. The van der Waals surface area contributed by atoms with Crippen LogP contribution < -0.4 is 9.46 Å². The van der Waals surface area contributed by atoms with Gasteiger partial charge in [-0.2, -0.15) is 9.78 Å². The van der Waals surface area contributed by atoms with Crippen molar-refractivity contribution in [2.45, 2.75) is 44.2 Å². The average Bonchev–Trinajstić information content (AvgIpc) is 3.02. The second kappa shape index (κ2) is 8.15. The number of hydrogen-bond acceptors (Lipinski definition) is 3. The Kier molecular flexibility index (Phi) is 6.60. The van der Waals surface area contributed by atoms with E-state index in [0.717, 1.165) is 18.3 Å². The number of benzene rings is 1. The van der Waals surface area contributed by atoms with Gasteiger partial charge in [-0.1, -0.05) is 17.7 Å². The zero-order valence-electron chi connectivity index (χ0n) is 15.2. The molecule has 2 aromatic rings. The monoisotopic (exact) mass is 463 g/mol. The summed E-state index contributed by atoms with van der Waals surface area (Å²) < 4.78 is 93.8. The van der Waals surface area contributed by atoms with Gasteiger partial charge in [0.25, 0.3) is 0 Å². The minimum atomic E-state index is -4.97. The summed E-state index contributed by atoms with van der Waals surface area (Å²) in [6.07, 6.45) is -8.14. The van der Waals surface area contributed by atoms with Gasteiger partial charge >= 0.3 is 12.7 Å². The van der Waals surface area contributed by atoms with Crippen LogP contribution in [0.25, 0.3) is 0 Å². The lowest BCUT2D eigenvalue weighted by atomic mass is 10.0. The zero-order chi connectivity index (χ0) is 22.2. The summed E-state index contributed by atoms with van der Waals surface area (Å²) in [6.45, 7) is 4.92. The second-order valence-corrected chi connectivity index (χ2v) is 9.26. The fourth-order valence-corrected chi connectivity index (χ4v) is 3.21. The highest BCUT2D eigenvalue weighted by Crippen LogP contribution is 2.34. The van der Waals surface area contributed by atoms with Crippen LogP contribution >= 0.6 is 11.6 Å². The van der Waals surface area contributed by atoms with Gasteiger partial charge in [-0.05, 0) is 38.5 Å². The normalized spacial score (nSPS) is 15.2. The fourth-order valence-electron chi connectivity index (χ4n) is 2.14. The molecule has 13 heteroatoms. The van der Waals surface area contributed by atoms with E-state index in [0.29, 0.717) is 6.20 Å². The van der Waals surface area contributed by atoms with E-state index >= 15 is 0 Å². The van der Waals surface area contributed by atoms with Crippen LogP contribution in [0.3, 0.4) is 0 Å². The van der Waals surface area contributed by atoms with Crippen molar-refractivity contribution >= 4 is 22.6 Å². The van der Waals surface area contributed by atoms with Gasteiger partial charge in [0.05, 0.1) is 33.0 Å². The van der Waals surface area contributed by atoms with E-state index in [1.807, 2.05) is 0 Å². The van der Waals surface area contributed by atoms with Gasteiger partial charge < -0.3 is 4.74 Å². The first-order valence-corrected chi connectivity index (χ1v) is 9.46. The third-order valence-electron chi connectivity index (χ3n) is 3.49. The van der Waals surface area contributed by atoms with Gasteiger partial charge in [-0.15, -0.1) is 26.3 Å². The number of halogens is 7. The number of hydrogen-bond donors (Lipinski definition) is 1. The molecule has 0 radical (unpaired) electrons. The Labute approximate surface area is 169 Å². The highest BCUT2D eigenvalue weighted by Gasteiger charge is 2.34. The molecule has 0 aliphatic rings. The van der Waals surface area contributed by atoms with Gasteiger partial charge in [0.2, 0.25) is 0 Å². The molecule has 0 aliphatic heterocycles. The third-order valence-corrected chi connectivity index (χ3v) is 5.35. The minimum absolute atomic E-state index is 0.0134. The Morgan fingerprint density at radius 2 is 1.76 bits per heavy atom. The molecule has 0 saturated carbocycles. The summed E-state index contributed by atoms with van der Waals surface area (Å²) in [5, 5.41) is 2.82. The third kappa shape index (κ3) is 6.34. The first-order valence-electron chi connectivity index (χ1n) is 7.93. The predicted octanol–water partition coefficient (Wildman–Crippen LogP) is 5.05. The number of nitrogens with one attached hydrogen (secondary N) is 1. The molecule has 0 bridgehead atoms. The molecule has 29 heavy (non-hydrogen) atoms. The molecule has 1 aromatic heterocycles. The van der Waals surface area contributed by atoms with Crippen LogP contribution in [-0.2, 0) is 17.3 Å². The van der Waals surface area contributed by atoms with E-state index in [4.69, 9.17) is 11.6 Å². The van der Waals surface area contributed by atoms with Crippen LogP contribution in [0, 0.1) is 0 Å². The lowest BCUT2D eigenvalue weighted by Crippen LogP contribution is -2.36. The molecule has 0 amide bonds. The number of alkyl halides is 6. The highest BCUT2D eigenvalue weighted by atomic mass is 35.5. The fraction of sp³-hybridized carbons (Fsp3) is 0.438. The highest BCUT2D eigenvalue weighted by molar-refractivity contribution is 7.84. The van der Waals surface area contributed by atoms with Crippen molar-refractivity contribution in [3.63, 3.8) is 0 Å². The van der Waals surface area contributed by atoms with Gasteiger partial charge in [0, 0.05) is 11.8 Å². The smallest absolute Gasteiger partial charge is 0.404 e. The first-order chi connectivity index (χ1) is 13.1. The SMILES string of the molecule is CC(C)(C)[S@@](=O)NC(c1ccc(OC(F)(F)F)c(Cl)c1)c1cnn(C(F)(F)F)c1. The Bertz CT molecular complexity index is 892. The molecule has 0 aliphatic carbocycles. The van der Waals surface area contributed by atoms with Crippen molar-refractivity contribution in [3.8, 4) is 5.75 Å². The largest absolute Gasteiger partial charge is 0.573 e. The Morgan fingerprint density at radius 3 is 2.21 bits per heavy atom. The minimum Gasteiger partial charge on any atom is -0.404 e. The maximum Gasteiger partial charge on any atom is 0.573 e. The first kappa shape index (κ1) is 23.5. The summed E-state index contributed by atoms with van der Waals surface area (Å²) in [7, 11) is -1.73. The number of ether oxygens (including phenoxy) is 1. The lowest BCUT2D eigenvalue weighted by molar-refractivity contribution is -0.274. The van der Waals surface area contributed by atoms with Crippen LogP contribution in [0.4, 0.5) is 26.3 Å². The quantitative estimate of drug-likeness (QED) is 0.631. The van der Waals surface area contributed by atoms with E-state index in [1.54, 1.807) is 20.8 Å². The van der Waals surface area contributed by atoms with Crippen molar-refractivity contribution < 1.29 is 35.3 Å². The van der Waals surface area contributed by atoms with Crippen LogP contribution in [0.1, 0.15) is 37.9 Å². The van der Waals surface area contributed by atoms with Crippen molar-refractivity contribution in [2.75, 3.05) is 0 Å². The maximum atomic E-state index is 12.9. The van der Waals surface area contributed by atoms with E-state index in [2.05, 4.69) is 14.6 Å². The van der Waals surface area contributed by atoms with Gasteiger partial charge in [0.1, 0.15) is 5.75 Å². The molecule has 0 spiro atoms. The average molecular weight is 464 g/mol. The van der Waals surface area contributed by atoms with Crippen LogP contribution in [0.2, 0.25) is 5.02 Å². The van der Waals surface area contributed by atoms with Gasteiger partial charge in [-0.25, -0.2) is 8.93 Å². The molecule has 2 atom stereocenters. The molecule has 2 rings (SSSR count). The molecule has 162 valence electrons. The summed E-state index contributed by atoms with van der Waals surface area (Å²) in [5.74, 6) is -0.676. The molecule has 0 saturated heterocycles. The molecule has 5 nitrogen and oxygen atoms in total. The lowest BCUT2D eigenvalue weighted by Gasteiger charge is -2.24. The standard InChI is InChI=1S/C16H16ClF6N3O2S/c1-14(2,3)29(27)25-13(10-7-24-26(8-10)15(18,19)20)9-4-5-12(11(17)6-9)28-16(21,22)23/h4-8,13,25H,1-3H3/t13?,29-/m1/s1. The van der Waals surface area contributed by atoms with Crippen molar-refractivity contribution in [1.82, 2.24) is 14.5 Å². The van der Waals surface area contributed by atoms with Crippen LogP contribution in [0.15, 0.2) is 30.6 Å². The molecule has 1 unspecified atom stereocenters. The molecular formula is C16H16ClF6N3O2S. The maximum absolute atomic E-state index is 12.9. The molecule has 1 aromatic carbocycles. The van der Waals surface area contributed by atoms with E-state index in [-0.39, 0.29) is 15.8 Å². The Morgan fingerprint density at radius 1 is 1.14 bits per heavy atom. The molecule has 1 heterocycles. The summed E-state index contributed by atoms with van der Waals surface area (Å²) >= 11 is 5.84. The summed E-state index contributed by atoms with van der Waals surface area (Å²) in [6, 6.07) is 2.10. The van der Waals surface area contributed by atoms with Crippen molar-refractivity contribution in [1.29, 1.82) is 0 Å². The summed E-state index contributed by atoms with van der Waals surface area (Å²) in [4.78, 5) is 0. The van der Waals surface area contributed by atoms with Gasteiger partial charge in [-0.3, -0.25) is 0 Å². The molecule has 0 fully saturated rings. The number of rotatable bonds is 5. The zero-order valence-corrected chi connectivity index (χ0v) is 16.8. The Hall–Kier alpha value is -1.79. The van der Waals surface area contributed by atoms with Gasteiger partial charge in [0.15, 0.2) is 0 Å². The van der Waals surface area contributed by atoms with Crippen LogP contribution in [0.5, 0.6) is 5.75 Å². The second-order valence-electron chi connectivity index (χ2n) is 6.86. The molecule has 1 N–H and O–H groups in total. The van der Waals surface area contributed by atoms with Crippen molar-refractivity contribution in [2.24, 2.45) is 0 Å². The van der Waals surface area contributed by atoms with E-state index in [1.165, 1.54) is 6.07 Å². The van der Waals surface area contributed by atoms with E-state index in [9.17, 15) is 30.6 Å². The predicted molar refractivity (Wildman–Crippen MR) is 94.5 cm³/mol. The number of aromatic nitrogens is 2. The topological polar surface area (TPSA) is 56.1 Å². The molecular weight excluding hydrogens is 448 g/mol. The van der Waals surface area contributed by atoms with Crippen LogP contribution in [-0.4, -0.2) is 25.1 Å².